The molecular weight excluding hydrogens is 424 g/mol. The van der Waals surface area contributed by atoms with Gasteiger partial charge in [0, 0.05) is 20.0 Å². The van der Waals surface area contributed by atoms with E-state index in [1.807, 2.05) is 0 Å². The Morgan fingerprint density at radius 2 is 1.84 bits per heavy atom. The monoisotopic (exact) mass is 448 g/mol. The maximum Gasteiger partial charge on any atom is 0.416 e. The van der Waals surface area contributed by atoms with Crippen LogP contribution in [0.25, 0.3) is 0 Å². The maximum absolute atomic E-state index is 14.0. The Morgan fingerprint density at radius 1 is 1.19 bits per heavy atom. The maximum atomic E-state index is 14.0. The van der Waals surface area contributed by atoms with Gasteiger partial charge >= 0.3 is 12.3 Å². The van der Waals surface area contributed by atoms with Gasteiger partial charge < -0.3 is 24.6 Å². The van der Waals surface area contributed by atoms with E-state index in [-0.39, 0.29) is 24.6 Å². The number of likely N-dealkylation sites (tertiary alicyclic amines) is 1. The Kier molecular flexibility index (Phi) is 5.55. The summed E-state index contributed by atoms with van der Waals surface area (Å²) in [6.45, 7) is 2.59. The molecule has 11 heteroatoms. The van der Waals surface area contributed by atoms with Gasteiger partial charge in [0.05, 0.1) is 17.8 Å². The van der Waals surface area contributed by atoms with Crippen LogP contribution in [0.1, 0.15) is 38.2 Å². The first kappa shape index (κ1) is 22.1. The lowest BCUT2D eigenvalue weighted by Gasteiger charge is -2.52. The summed E-state index contributed by atoms with van der Waals surface area (Å²) in [6.07, 6.45) is -3.58. The average Bonchev–Trinajstić information content (AvgIpc) is 3.05. The molecule has 1 aromatic carbocycles. The van der Waals surface area contributed by atoms with Crippen LogP contribution in [0.4, 0.5) is 22.4 Å². The van der Waals surface area contributed by atoms with E-state index in [0.717, 1.165) is 12.1 Å². The lowest BCUT2D eigenvalue weighted by molar-refractivity contribution is -0.328. The highest BCUT2D eigenvalue weighted by Crippen LogP contribution is 2.36. The number of cyclic esters (lactones) is 1. The van der Waals surface area contributed by atoms with Crippen molar-refractivity contribution in [2.75, 3.05) is 19.7 Å². The van der Waals surface area contributed by atoms with Gasteiger partial charge in [-0.2, -0.15) is 13.2 Å². The highest BCUT2D eigenvalue weighted by Gasteiger charge is 2.55. The van der Waals surface area contributed by atoms with E-state index in [1.54, 1.807) is 4.90 Å². The molecule has 2 heterocycles. The smallest absolute Gasteiger partial charge is 0.416 e. The number of aliphatic hydroxyl groups is 1. The number of alkyl halides is 3. The molecule has 1 atom stereocenters. The van der Waals surface area contributed by atoms with Crippen molar-refractivity contribution in [3.8, 4) is 5.75 Å². The Balaban J connectivity index is 1.25. The lowest BCUT2D eigenvalue weighted by atomic mass is 9.90. The van der Waals surface area contributed by atoms with Crippen molar-refractivity contribution < 1.29 is 41.7 Å². The number of amides is 1. The van der Waals surface area contributed by atoms with Crippen LogP contribution in [0, 0.1) is 5.82 Å². The van der Waals surface area contributed by atoms with Crippen LogP contribution in [-0.2, 0) is 15.7 Å². The number of nitrogens with one attached hydrogen (secondary N) is 1. The predicted molar refractivity (Wildman–Crippen MR) is 98.6 cm³/mol. The van der Waals surface area contributed by atoms with Gasteiger partial charge in [0.15, 0.2) is 11.6 Å². The van der Waals surface area contributed by atoms with Gasteiger partial charge in [0.1, 0.15) is 12.1 Å². The summed E-state index contributed by atoms with van der Waals surface area (Å²) < 4.78 is 68.3. The van der Waals surface area contributed by atoms with E-state index in [1.165, 1.54) is 6.92 Å². The van der Waals surface area contributed by atoms with Crippen molar-refractivity contribution in [1.82, 2.24) is 10.2 Å². The van der Waals surface area contributed by atoms with E-state index < -0.39 is 35.1 Å². The van der Waals surface area contributed by atoms with Crippen LogP contribution in [0.5, 0.6) is 5.75 Å². The Labute approximate surface area is 176 Å². The molecule has 7 nitrogen and oxygen atoms in total. The third-order valence-electron chi connectivity index (χ3n) is 5.98. The minimum Gasteiger partial charge on any atom is -0.487 e. The molecular formula is C20H24F4N2O5. The van der Waals surface area contributed by atoms with E-state index in [4.69, 9.17) is 14.2 Å². The molecule has 31 heavy (non-hydrogen) atoms. The summed E-state index contributed by atoms with van der Waals surface area (Å²) in [5, 5.41) is 13.4. The van der Waals surface area contributed by atoms with Gasteiger partial charge in [-0.15, -0.1) is 0 Å². The number of hydrogen-bond donors (Lipinski definition) is 2. The number of halogens is 4. The fourth-order valence-corrected chi connectivity index (χ4v) is 4.25. The fraction of sp³-hybridized carbons (Fsp3) is 0.650. The van der Waals surface area contributed by atoms with E-state index >= 15 is 0 Å². The van der Waals surface area contributed by atoms with Gasteiger partial charge in [0.25, 0.3) is 0 Å². The number of carbonyl (C=O) groups is 1. The SMILES string of the molecule is CC(O)(OC1CCC(Oc2ccc(C(F)(F)F)cc2F)CC1)N1CC2(COC(=O)N2)C1. The first-order valence-corrected chi connectivity index (χ1v) is 10.1. The van der Waals surface area contributed by atoms with Crippen LogP contribution in [0.3, 0.4) is 0 Å². The molecule has 2 aliphatic heterocycles. The summed E-state index contributed by atoms with van der Waals surface area (Å²) in [7, 11) is 0. The Bertz CT molecular complexity index is 833. The highest BCUT2D eigenvalue weighted by molar-refractivity contribution is 5.71. The van der Waals surface area contributed by atoms with Crippen LogP contribution < -0.4 is 10.1 Å². The molecule has 2 N–H and O–H groups in total. The summed E-state index contributed by atoms with van der Waals surface area (Å²) in [4.78, 5) is 12.9. The zero-order chi connectivity index (χ0) is 22.4. The Morgan fingerprint density at radius 3 is 2.39 bits per heavy atom. The van der Waals surface area contributed by atoms with Crippen molar-refractivity contribution in [3.63, 3.8) is 0 Å². The normalized spacial score (nSPS) is 27.9. The zero-order valence-corrected chi connectivity index (χ0v) is 16.9. The number of nitrogens with zero attached hydrogens (tertiary/aromatic N) is 1. The number of carbonyl (C=O) groups excluding carboxylic acids is 1. The van der Waals surface area contributed by atoms with Gasteiger partial charge in [-0.1, -0.05) is 0 Å². The molecule has 0 aromatic heterocycles. The molecule has 0 radical (unpaired) electrons. The lowest BCUT2D eigenvalue weighted by Crippen LogP contribution is -2.74. The summed E-state index contributed by atoms with van der Waals surface area (Å²) in [5.74, 6) is -2.78. The minimum atomic E-state index is -4.61. The van der Waals surface area contributed by atoms with Crippen molar-refractivity contribution in [2.24, 2.45) is 0 Å². The first-order valence-electron chi connectivity index (χ1n) is 10.1. The van der Waals surface area contributed by atoms with Crippen molar-refractivity contribution in [2.45, 2.75) is 62.4 Å². The molecule has 172 valence electrons. The topological polar surface area (TPSA) is 80.3 Å². The number of rotatable bonds is 5. The molecule has 2 saturated heterocycles. The molecule has 0 bridgehead atoms. The largest absolute Gasteiger partial charge is 0.487 e. The second-order valence-electron chi connectivity index (χ2n) is 8.55. The van der Waals surface area contributed by atoms with Crippen molar-refractivity contribution in [1.29, 1.82) is 0 Å². The first-order chi connectivity index (χ1) is 14.5. The summed E-state index contributed by atoms with van der Waals surface area (Å²) in [5.41, 5.74) is -1.55. The number of benzene rings is 1. The average molecular weight is 448 g/mol. The van der Waals surface area contributed by atoms with Crippen LogP contribution >= 0.6 is 0 Å². The molecule has 1 aliphatic carbocycles. The molecule has 1 unspecified atom stereocenters. The minimum absolute atomic E-state index is 0.212. The van der Waals surface area contributed by atoms with Gasteiger partial charge in [-0.05, 0) is 43.9 Å². The number of hydrogen-bond acceptors (Lipinski definition) is 6. The summed E-state index contributed by atoms with van der Waals surface area (Å²) >= 11 is 0. The third kappa shape index (κ3) is 4.73. The van der Waals surface area contributed by atoms with E-state index in [0.29, 0.717) is 44.8 Å². The van der Waals surface area contributed by atoms with Crippen molar-refractivity contribution in [3.05, 3.63) is 29.6 Å². The quantitative estimate of drug-likeness (QED) is 0.533. The zero-order valence-electron chi connectivity index (χ0n) is 16.9. The molecule has 1 amide bonds. The van der Waals surface area contributed by atoms with E-state index in [2.05, 4.69) is 5.32 Å². The van der Waals surface area contributed by atoms with Gasteiger partial charge in [0.2, 0.25) is 5.91 Å². The molecule has 1 aromatic rings. The van der Waals surface area contributed by atoms with Gasteiger partial charge in [-0.3, -0.25) is 0 Å². The van der Waals surface area contributed by atoms with Crippen LogP contribution in [-0.4, -0.2) is 59.5 Å². The molecule has 3 fully saturated rings. The summed E-state index contributed by atoms with van der Waals surface area (Å²) in [6, 6.07) is 2.22. The molecule has 3 aliphatic rings. The van der Waals surface area contributed by atoms with Crippen molar-refractivity contribution >= 4 is 6.09 Å². The van der Waals surface area contributed by atoms with E-state index in [9.17, 15) is 27.5 Å². The predicted octanol–water partition coefficient (Wildman–Crippen LogP) is 3.01. The highest BCUT2D eigenvalue weighted by atomic mass is 19.4. The second-order valence-corrected chi connectivity index (χ2v) is 8.55. The Hall–Kier alpha value is -2.11. The molecule has 4 rings (SSSR count). The van der Waals surface area contributed by atoms with Gasteiger partial charge in [-0.25, -0.2) is 14.1 Å². The van der Waals surface area contributed by atoms with Crippen LogP contribution in [0.2, 0.25) is 0 Å². The van der Waals surface area contributed by atoms with Crippen LogP contribution in [0.15, 0.2) is 18.2 Å². The number of alkyl carbamates (subject to hydrolysis) is 1. The third-order valence-corrected chi connectivity index (χ3v) is 5.98. The fourth-order valence-electron chi connectivity index (χ4n) is 4.25. The molecule has 1 saturated carbocycles. The number of ether oxygens (including phenoxy) is 3. The second kappa shape index (κ2) is 7.79. The standard InChI is InChI=1S/C20H24F4N2O5/c1-18(28,26-9-19(10-26)11-29-17(27)25-19)31-14-5-3-13(4-6-14)30-16-7-2-12(8-15(16)21)20(22,23)24/h2,7-8,13-14,28H,3-6,9-11H2,1H3,(H,25,27). The molecule has 1 spiro atoms.